The van der Waals surface area contributed by atoms with Gasteiger partial charge < -0.3 is 5.11 Å². The van der Waals surface area contributed by atoms with Crippen molar-refractivity contribution in [3.63, 3.8) is 0 Å². The molecule has 1 aliphatic heterocycles. The van der Waals surface area contributed by atoms with Crippen LogP contribution in [0.4, 0.5) is 0 Å². The van der Waals surface area contributed by atoms with E-state index in [4.69, 9.17) is 5.11 Å². The molecule has 0 aromatic heterocycles. The molecule has 0 aromatic rings. The lowest BCUT2D eigenvalue weighted by atomic mass is 10.1. The van der Waals surface area contributed by atoms with E-state index in [1.54, 1.807) is 0 Å². The number of carbonyl (C=O) groups is 1. The van der Waals surface area contributed by atoms with Gasteiger partial charge in [0.25, 0.3) is 0 Å². The summed E-state index contributed by atoms with van der Waals surface area (Å²) in [6.45, 7) is 4.44. The molecule has 1 atom stereocenters. The maximum absolute atomic E-state index is 12.1. The second-order valence-electron chi connectivity index (χ2n) is 4.64. The molecule has 0 saturated carbocycles. The fourth-order valence-corrected chi connectivity index (χ4v) is 4.18. The molecule has 0 bridgehead atoms. The second-order valence-corrected chi connectivity index (χ2v) is 6.66. The molecule has 6 heteroatoms. The molecule has 1 aliphatic rings. The molecular weight excluding hydrogens is 242 g/mol. The van der Waals surface area contributed by atoms with Crippen molar-refractivity contribution in [3.8, 4) is 0 Å². The number of hydrogen-bond donors (Lipinski definition) is 1. The molecule has 0 spiro atoms. The maximum atomic E-state index is 12.1. The summed E-state index contributed by atoms with van der Waals surface area (Å²) >= 11 is 0. The van der Waals surface area contributed by atoms with Crippen LogP contribution in [-0.4, -0.2) is 42.6 Å². The molecule has 1 saturated heterocycles. The summed E-state index contributed by atoms with van der Waals surface area (Å²) in [6.07, 6.45) is 2.11. The summed E-state index contributed by atoms with van der Waals surface area (Å²) < 4.78 is 25.5. The zero-order chi connectivity index (χ0) is 13.1. The van der Waals surface area contributed by atoms with Crippen LogP contribution in [0.5, 0.6) is 0 Å². The monoisotopic (exact) mass is 263 g/mol. The van der Waals surface area contributed by atoms with Crippen LogP contribution in [0.25, 0.3) is 0 Å². The third-order valence-electron chi connectivity index (χ3n) is 3.49. The molecule has 5 nitrogen and oxygen atoms in total. The largest absolute Gasteiger partial charge is 0.481 e. The highest BCUT2D eigenvalue weighted by atomic mass is 32.2. The molecule has 0 aliphatic carbocycles. The smallest absolute Gasteiger partial charge is 0.307 e. The first kappa shape index (κ1) is 14.4. The number of nitrogens with zero attached hydrogens (tertiary/aromatic N) is 1. The summed E-state index contributed by atoms with van der Waals surface area (Å²) in [6, 6.07) is 0. The second kappa shape index (κ2) is 5.82. The topological polar surface area (TPSA) is 74.7 Å². The number of carboxylic acids is 1. The lowest BCUT2D eigenvalue weighted by Crippen LogP contribution is -2.34. The molecule has 17 heavy (non-hydrogen) atoms. The number of sulfonamides is 1. The Hall–Kier alpha value is -0.620. The van der Waals surface area contributed by atoms with Gasteiger partial charge in [0.15, 0.2) is 0 Å². The highest BCUT2D eigenvalue weighted by Crippen LogP contribution is 2.22. The molecule has 1 N–H and O–H groups in total. The molecule has 1 unspecified atom stereocenters. The third kappa shape index (κ3) is 3.67. The molecule has 0 amide bonds. The van der Waals surface area contributed by atoms with E-state index in [2.05, 4.69) is 0 Å². The van der Waals surface area contributed by atoms with Gasteiger partial charge in [-0.2, -0.15) is 0 Å². The van der Waals surface area contributed by atoms with E-state index < -0.39 is 21.9 Å². The average molecular weight is 263 g/mol. The van der Waals surface area contributed by atoms with Gasteiger partial charge in [-0.25, -0.2) is 12.7 Å². The Bertz CT molecular complexity index is 362. The fourth-order valence-electron chi connectivity index (χ4n) is 2.11. The van der Waals surface area contributed by atoms with Crippen LogP contribution in [0.3, 0.4) is 0 Å². The molecule has 100 valence electrons. The van der Waals surface area contributed by atoms with E-state index in [0.717, 1.165) is 12.8 Å². The Balaban J connectivity index is 2.63. The number of rotatable bonds is 6. The first-order valence-electron chi connectivity index (χ1n) is 6.11. The van der Waals surface area contributed by atoms with Crippen molar-refractivity contribution in [1.82, 2.24) is 4.31 Å². The van der Waals surface area contributed by atoms with Crippen molar-refractivity contribution in [1.29, 1.82) is 0 Å². The van der Waals surface area contributed by atoms with Gasteiger partial charge in [0.05, 0.1) is 11.7 Å². The van der Waals surface area contributed by atoms with E-state index in [0.29, 0.717) is 13.0 Å². The number of carboxylic acid groups (broad SMARTS) is 1. The van der Waals surface area contributed by atoms with Gasteiger partial charge in [0, 0.05) is 13.1 Å². The van der Waals surface area contributed by atoms with Crippen LogP contribution in [0.1, 0.15) is 33.1 Å². The van der Waals surface area contributed by atoms with Gasteiger partial charge in [0.2, 0.25) is 10.0 Å². The lowest BCUT2D eigenvalue weighted by Gasteiger charge is -2.19. The van der Waals surface area contributed by atoms with Crippen molar-refractivity contribution < 1.29 is 18.3 Å². The molecule has 1 fully saturated rings. The molecule has 0 radical (unpaired) electrons. The normalized spacial score (nSPS) is 22.2. The van der Waals surface area contributed by atoms with E-state index in [-0.39, 0.29) is 18.2 Å². The molecule has 1 rings (SSSR count). The van der Waals surface area contributed by atoms with Crippen LogP contribution in [0.15, 0.2) is 0 Å². The number of aliphatic carboxylic acids is 1. The van der Waals surface area contributed by atoms with Crippen molar-refractivity contribution >= 4 is 16.0 Å². The molecule has 0 aromatic carbocycles. The fraction of sp³-hybridized carbons (Fsp3) is 0.909. The minimum absolute atomic E-state index is 0.137. The van der Waals surface area contributed by atoms with Crippen LogP contribution >= 0.6 is 0 Å². The number of hydrogen-bond acceptors (Lipinski definition) is 3. The maximum Gasteiger partial charge on any atom is 0.307 e. The predicted octanol–water partition coefficient (Wildman–Crippen LogP) is 1.16. The van der Waals surface area contributed by atoms with Crippen LogP contribution in [0, 0.1) is 11.8 Å². The highest BCUT2D eigenvalue weighted by molar-refractivity contribution is 7.89. The summed E-state index contributed by atoms with van der Waals surface area (Å²) in [5, 5.41) is 8.85. The van der Waals surface area contributed by atoms with Gasteiger partial charge in [-0.3, -0.25) is 4.79 Å². The van der Waals surface area contributed by atoms with E-state index in [9.17, 15) is 13.2 Å². The van der Waals surface area contributed by atoms with E-state index >= 15 is 0 Å². The first-order valence-corrected chi connectivity index (χ1v) is 7.72. The zero-order valence-corrected chi connectivity index (χ0v) is 11.2. The summed E-state index contributed by atoms with van der Waals surface area (Å²) in [5.41, 5.74) is 0. The van der Waals surface area contributed by atoms with E-state index in [1.165, 1.54) is 4.31 Å². The van der Waals surface area contributed by atoms with Gasteiger partial charge in [-0.15, -0.1) is 0 Å². The van der Waals surface area contributed by atoms with Crippen molar-refractivity contribution in [2.75, 3.05) is 18.8 Å². The Morgan fingerprint density at radius 3 is 2.41 bits per heavy atom. The Labute approximate surface area is 103 Å². The summed E-state index contributed by atoms with van der Waals surface area (Å²) in [4.78, 5) is 10.8. The standard InChI is InChI=1S/C11H21NO4S/c1-3-9(4-2)8-17(15,16)12-6-5-10(7-12)11(13)14/h9-10H,3-8H2,1-2H3,(H,13,14). The van der Waals surface area contributed by atoms with Crippen molar-refractivity contribution in [3.05, 3.63) is 0 Å². The lowest BCUT2D eigenvalue weighted by molar-refractivity contribution is -0.141. The summed E-state index contributed by atoms with van der Waals surface area (Å²) in [7, 11) is -3.28. The molecule has 1 heterocycles. The SMILES string of the molecule is CCC(CC)CS(=O)(=O)N1CCC(C(=O)O)C1. The van der Waals surface area contributed by atoms with Crippen LogP contribution < -0.4 is 0 Å². The third-order valence-corrected chi connectivity index (χ3v) is 5.51. The van der Waals surface area contributed by atoms with E-state index in [1.807, 2.05) is 13.8 Å². The van der Waals surface area contributed by atoms with Gasteiger partial charge >= 0.3 is 5.97 Å². The molecular formula is C11H21NO4S. The minimum atomic E-state index is -3.28. The zero-order valence-electron chi connectivity index (χ0n) is 10.4. The minimum Gasteiger partial charge on any atom is -0.481 e. The van der Waals surface area contributed by atoms with Crippen LogP contribution in [0.2, 0.25) is 0 Å². The highest BCUT2D eigenvalue weighted by Gasteiger charge is 2.35. The van der Waals surface area contributed by atoms with Gasteiger partial charge in [0.1, 0.15) is 0 Å². The van der Waals surface area contributed by atoms with Gasteiger partial charge in [-0.1, -0.05) is 26.7 Å². The Kier molecular flexibility index (Phi) is 4.94. The predicted molar refractivity (Wildman–Crippen MR) is 65.2 cm³/mol. The Morgan fingerprint density at radius 1 is 1.41 bits per heavy atom. The van der Waals surface area contributed by atoms with Gasteiger partial charge in [-0.05, 0) is 12.3 Å². The van der Waals surface area contributed by atoms with Crippen LogP contribution in [-0.2, 0) is 14.8 Å². The Morgan fingerprint density at radius 2 is 2.00 bits per heavy atom. The average Bonchev–Trinajstić information content (AvgIpc) is 2.75. The quantitative estimate of drug-likeness (QED) is 0.780. The van der Waals surface area contributed by atoms with Crippen molar-refractivity contribution in [2.45, 2.75) is 33.1 Å². The summed E-state index contributed by atoms with van der Waals surface area (Å²) in [5.74, 6) is -1.12. The first-order chi connectivity index (χ1) is 7.90. The van der Waals surface area contributed by atoms with Crippen molar-refractivity contribution in [2.24, 2.45) is 11.8 Å².